The van der Waals surface area contributed by atoms with Crippen molar-refractivity contribution in [3.63, 3.8) is 0 Å². The molecule has 0 atom stereocenters. The first-order chi connectivity index (χ1) is 8.66. The molecule has 0 aliphatic carbocycles. The Labute approximate surface area is 105 Å². The molecule has 0 aliphatic heterocycles. The summed E-state index contributed by atoms with van der Waals surface area (Å²) >= 11 is 0. The molecule has 18 heavy (non-hydrogen) atoms. The Morgan fingerprint density at radius 3 is 2.67 bits per heavy atom. The van der Waals surface area contributed by atoms with Crippen molar-refractivity contribution < 1.29 is 9.18 Å². The van der Waals surface area contributed by atoms with E-state index >= 15 is 0 Å². The Bertz CT molecular complexity index is 549. The van der Waals surface area contributed by atoms with Gasteiger partial charge in [0.15, 0.2) is 0 Å². The second-order valence-electron chi connectivity index (χ2n) is 4.22. The lowest BCUT2D eigenvalue weighted by Crippen LogP contribution is -1.97. The molecule has 2 nitrogen and oxygen atoms in total. The zero-order valence-electron chi connectivity index (χ0n) is 10.2. The average molecular weight is 243 g/mol. The topological polar surface area (TPSA) is 30.0 Å². The maximum Gasteiger partial charge on any atom is 0.141 e. The number of hydrogen-bond donors (Lipinski definition) is 0. The van der Waals surface area contributed by atoms with Gasteiger partial charge in [-0.15, -0.1) is 0 Å². The molecule has 0 bridgehead atoms. The van der Waals surface area contributed by atoms with Crippen molar-refractivity contribution in [2.45, 2.75) is 19.8 Å². The molecule has 0 radical (unpaired) electrons. The van der Waals surface area contributed by atoms with Gasteiger partial charge in [-0.2, -0.15) is 0 Å². The molecule has 0 saturated heterocycles. The van der Waals surface area contributed by atoms with E-state index in [2.05, 4.69) is 4.98 Å². The normalized spacial score (nSPS) is 10.3. The fraction of sp³-hybridized carbons (Fsp3) is 0.200. The summed E-state index contributed by atoms with van der Waals surface area (Å²) in [6.07, 6.45) is 2.40. The minimum Gasteiger partial charge on any atom is -0.300 e. The highest BCUT2D eigenvalue weighted by Gasteiger charge is 2.06. The molecule has 2 aromatic rings. The van der Waals surface area contributed by atoms with E-state index < -0.39 is 0 Å². The number of nitrogens with zero attached hydrogens (tertiary/aromatic N) is 1. The van der Waals surface area contributed by atoms with Crippen LogP contribution in [-0.4, -0.2) is 10.8 Å². The van der Waals surface area contributed by atoms with E-state index in [0.717, 1.165) is 16.8 Å². The first-order valence-electron chi connectivity index (χ1n) is 5.86. The van der Waals surface area contributed by atoms with Crippen LogP contribution < -0.4 is 0 Å². The van der Waals surface area contributed by atoms with Gasteiger partial charge < -0.3 is 4.79 Å². The number of rotatable bonds is 4. The largest absolute Gasteiger partial charge is 0.300 e. The number of pyridine rings is 1. The quantitative estimate of drug-likeness (QED) is 0.823. The van der Waals surface area contributed by atoms with Crippen molar-refractivity contribution in [1.29, 1.82) is 0 Å². The second-order valence-corrected chi connectivity index (χ2v) is 4.22. The van der Waals surface area contributed by atoms with Crippen LogP contribution in [0.1, 0.15) is 18.9 Å². The molecular formula is C15H14FNO. The van der Waals surface area contributed by atoms with Crippen molar-refractivity contribution in [1.82, 2.24) is 4.98 Å². The van der Waals surface area contributed by atoms with Crippen LogP contribution in [0, 0.1) is 5.82 Å². The standard InChI is InChI=1S/C15H14FNO/c1-11(18)6-7-12-4-2-3-5-14(12)15-9-8-13(16)10-17-15/h2-5,8-10H,6-7H2,1H3. The van der Waals surface area contributed by atoms with Gasteiger partial charge in [0.2, 0.25) is 0 Å². The number of Topliss-reactive ketones (excluding diaryl/α,β-unsaturated/α-hetero) is 1. The number of aryl methyl sites for hydroxylation is 1. The van der Waals surface area contributed by atoms with E-state index in [0.29, 0.717) is 12.8 Å². The Balaban J connectivity index is 2.32. The van der Waals surface area contributed by atoms with E-state index in [1.807, 2.05) is 24.3 Å². The smallest absolute Gasteiger partial charge is 0.141 e. The average Bonchev–Trinajstić information content (AvgIpc) is 2.38. The van der Waals surface area contributed by atoms with Gasteiger partial charge in [0.05, 0.1) is 11.9 Å². The number of carbonyl (C=O) groups is 1. The van der Waals surface area contributed by atoms with Crippen molar-refractivity contribution >= 4 is 5.78 Å². The number of aromatic nitrogens is 1. The minimum absolute atomic E-state index is 0.164. The van der Waals surface area contributed by atoms with Gasteiger partial charge in [-0.3, -0.25) is 4.98 Å². The van der Waals surface area contributed by atoms with Crippen LogP contribution in [0.25, 0.3) is 11.3 Å². The first-order valence-corrected chi connectivity index (χ1v) is 5.86. The molecule has 1 heterocycles. The maximum atomic E-state index is 12.8. The summed E-state index contributed by atoms with van der Waals surface area (Å²) in [6, 6.07) is 10.8. The van der Waals surface area contributed by atoms with Crippen molar-refractivity contribution in [2.24, 2.45) is 0 Å². The van der Waals surface area contributed by atoms with Crippen molar-refractivity contribution in [3.05, 3.63) is 54.0 Å². The Morgan fingerprint density at radius 2 is 2.00 bits per heavy atom. The molecule has 92 valence electrons. The third-order valence-electron chi connectivity index (χ3n) is 2.77. The van der Waals surface area contributed by atoms with Gasteiger partial charge in [-0.1, -0.05) is 24.3 Å². The molecule has 0 saturated carbocycles. The minimum atomic E-state index is -0.347. The molecule has 0 spiro atoms. The van der Waals surface area contributed by atoms with E-state index in [1.54, 1.807) is 13.0 Å². The monoisotopic (exact) mass is 243 g/mol. The van der Waals surface area contributed by atoms with Crippen LogP contribution in [0.2, 0.25) is 0 Å². The predicted octanol–water partition coefficient (Wildman–Crippen LogP) is 3.41. The van der Waals surface area contributed by atoms with E-state index in [1.165, 1.54) is 12.3 Å². The van der Waals surface area contributed by atoms with Crippen LogP contribution in [0.3, 0.4) is 0 Å². The molecule has 0 N–H and O–H groups in total. The zero-order chi connectivity index (χ0) is 13.0. The highest BCUT2D eigenvalue weighted by atomic mass is 19.1. The van der Waals surface area contributed by atoms with Gasteiger partial charge in [0, 0.05) is 12.0 Å². The van der Waals surface area contributed by atoms with Gasteiger partial charge in [-0.25, -0.2) is 4.39 Å². The fourth-order valence-corrected chi connectivity index (χ4v) is 1.83. The molecular weight excluding hydrogens is 229 g/mol. The van der Waals surface area contributed by atoms with Crippen molar-refractivity contribution in [3.8, 4) is 11.3 Å². The van der Waals surface area contributed by atoms with Gasteiger partial charge in [-0.05, 0) is 31.0 Å². The van der Waals surface area contributed by atoms with Gasteiger partial charge in [0.1, 0.15) is 11.6 Å². The summed E-state index contributed by atoms with van der Waals surface area (Å²) < 4.78 is 12.8. The lowest BCUT2D eigenvalue weighted by atomic mass is 9.99. The van der Waals surface area contributed by atoms with E-state index in [4.69, 9.17) is 0 Å². The van der Waals surface area contributed by atoms with Gasteiger partial charge in [0.25, 0.3) is 0 Å². The Kier molecular flexibility index (Phi) is 3.82. The van der Waals surface area contributed by atoms with Crippen LogP contribution in [-0.2, 0) is 11.2 Å². The van der Waals surface area contributed by atoms with Gasteiger partial charge >= 0.3 is 0 Å². The number of benzene rings is 1. The highest BCUT2D eigenvalue weighted by Crippen LogP contribution is 2.22. The fourth-order valence-electron chi connectivity index (χ4n) is 1.83. The summed E-state index contributed by atoms with van der Waals surface area (Å²) in [5.74, 6) is -0.183. The van der Waals surface area contributed by atoms with Crippen LogP contribution in [0.4, 0.5) is 4.39 Å². The highest BCUT2D eigenvalue weighted by molar-refractivity contribution is 5.76. The summed E-state index contributed by atoms with van der Waals surface area (Å²) in [4.78, 5) is 15.1. The van der Waals surface area contributed by atoms with Crippen LogP contribution in [0.15, 0.2) is 42.6 Å². The lowest BCUT2D eigenvalue weighted by molar-refractivity contribution is -0.116. The molecule has 0 unspecified atom stereocenters. The molecule has 0 fully saturated rings. The number of halogens is 1. The summed E-state index contributed by atoms with van der Waals surface area (Å²) in [5, 5.41) is 0. The second kappa shape index (κ2) is 5.54. The molecule has 3 heteroatoms. The van der Waals surface area contributed by atoms with Crippen molar-refractivity contribution in [2.75, 3.05) is 0 Å². The lowest BCUT2D eigenvalue weighted by Gasteiger charge is -2.08. The number of ketones is 1. The molecule has 1 aromatic heterocycles. The summed E-state index contributed by atoms with van der Waals surface area (Å²) in [7, 11) is 0. The summed E-state index contributed by atoms with van der Waals surface area (Å²) in [6.45, 7) is 1.58. The van der Waals surface area contributed by atoms with E-state index in [9.17, 15) is 9.18 Å². The SMILES string of the molecule is CC(=O)CCc1ccccc1-c1ccc(F)cn1. The third-order valence-corrected chi connectivity index (χ3v) is 2.77. The van der Waals surface area contributed by atoms with Crippen LogP contribution >= 0.6 is 0 Å². The number of carbonyl (C=O) groups excluding carboxylic acids is 1. The Morgan fingerprint density at radius 1 is 1.22 bits per heavy atom. The zero-order valence-corrected chi connectivity index (χ0v) is 10.2. The molecule has 2 rings (SSSR count). The predicted molar refractivity (Wildman–Crippen MR) is 68.6 cm³/mol. The first kappa shape index (κ1) is 12.4. The number of hydrogen-bond acceptors (Lipinski definition) is 2. The van der Waals surface area contributed by atoms with E-state index in [-0.39, 0.29) is 11.6 Å². The van der Waals surface area contributed by atoms with Crippen LogP contribution in [0.5, 0.6) is 0 Å². The third kappa shape index (κ3) is 3.00. The molecule has 0 aliphatic rings. The summed E-state index contributed by atoms with van der Waals surface area (Å²) in [5.41, 5.74) is 2.75. The molecule has 1 aromatic carbocycles. The Hall–Kier alpha value is -2.03. The molecule has 0 amide bonds. The maximum absolute atomic E-state index is 12.8.